The Hall–Kier alpha value is -2.35. The van der Waals surface area contributed by atoms with Gasteiger partial charge in [0.1, 0.15) is 6.07 Å². The number of fused-ring (bicyclic) bond motifs is 1. The van der Waals surface area contributed by atoms with Crippen LogP contribution in [0.4, 0.5) is 0 Å². The van der Waals surface area contributed by atoms with Crippen molar-refractivity contribution in [3.05, 3.63) is 35.8 Å². The van der Waals surface area contributed by atoms with Gasteiger partial charge in [-0.25, -0.2) is 9.78 Å². The number of rotatable bonds is 2. The van der Waals surface area contributed by atoms with E-state index in [4.69, 9.17) is 10.00 Å². The molecule has 0 saturated heterocycles. The molecule has 2 aromatic heterocycles. The van der Waals surface area contributed by atoms with Gasteiger partial charge in [0.25, 0.3) is 0 Å². The van der Waals surface area contributed by atoms with Crippen LogP contribution in [0.5, 0.6) is 0 Å². The van der Waals surface area contributed by atoms with Crippen molar-refractivity contribution in [2.45, 2.75) is 6.92 Å². The molecule has 2 rings (SSSR count). The molecule has 2 heterocycles. The highest BCUT2D eigenvalue weighted by molar-refractivity contribution is 5.90. The second-order valence-corrected chi connectivity index (χ2v) is 3.13. The Morgan fingerprint density at radius 1 is 1.69 bits per heavy atom. The van der Waals surface area contributed by atoms with Gasteiger partial charge >= 0.3 is 5.97 Å². The van der Waals surface area contributed by atoms with E-state index in [0.29, 0.717) is 23.4 Å². The number of hydrogen-bond acceptors (Lipinski definition) is 4. The van der Waals surface area contributed by atoms with Gasteiger partial charge in [0.15, 0.2) is 5.65 Å². The Balaban J connectivity index is 2.56. The molecule has 0 radical (unpaired) electrons. The zero-order valence-corrected chi connectivity index (χ0v) is 8.67. The van der Waals surface area contributed by atoms with Crippen molar-refractivity contribution in [1.29, 1.82) is 5.26 Å². The number of imidazole rings is 1. The predicted octanol–water partition coefficient (Wildman–Crippen LogP) is 1.38. The number of aromatic nitrogens is 2. The Bertz CT molecular complexity index is 580. The van der Waals surface area contributed by atoms with Crippen molar-refractivity contribution in [3.63, 3.8) is 0 Å². The zero-order valence-electron chi connectivity index (χ0n) is 8.67. The molecule has 0 fully saturated rings. The van der Waals surface area contributed by atoms with E-state index in [-0.39, 0.29) is 0 Å². The Labute approximate surface area is 91.9 Å². The van der Waals surface area contributed by atoms with Crippen LogP contribution in [-0.2, 0) is 4.74 Å². The number of pyridine rings is 1. The molecule has 5 heteroatoms. The molecule has 0 N–H and O–H groups in total. The molecule has 0 atom stereocenters. The first-order valence-corrected chi connectivity index (χ1v) is 4.80. The van der Waals surface area contributed by atoms with Crippen molar-refractivity contribution in [3.8, 4) is 6.07 Å². The molecule has 0 bridgehead atoms. The third kappa shape index (κ3) is 1.61. The summed E-state index contributed by atoms with van der Waals surface area (Å²) in [6.45, 7) is 2.04. The van der Waals surface area contributed by atoms with Crippen LogP contribution in [0.25, 0.3) is 5.65 Å². The fraction of sp³-hybridized carbons (Fsp3) is 0.182. The summed E-state index contributed by atoms with van der Waals surface area (Å²) in [7, 11) is 0. The minimum Gasteiger partial charge on any atom is -0.462 e. The van der Waals surface area contributed by atoms with Gasteiger partial charge in [-0.05, 0) is 13.0 Å². The lowest BCUT2D eigenvalue weighted by molar-refractivity contribution is 0.0525. The van der Waals surface area contributed by atoms with E-state index in [2.05, 4.69) is 4.98 Å². The van der Waals surface area contributed by atoms with Crippen LogP contribution in [0.1, 0.15) is 22.8 Å². The van der Waals surface area contributed by atoms with Crippen LogP contribution in [-0.4, -0.2) is 22.0 Å². The lowest BCUT2D eigenvalue weighted by Crippen LogP contribution is -2.06. The Morgan fingerprint density at radius 3 is 3.19 bits per heavy atom. The number of carbonyl (C=O) groups excluding carboxylic acids is 1. The average Bonchev–Trinajstić information content (AvgIpc) is 2.75. The monoisotopic (exact) mass is 215 g/mol. The summed E-state index contributed by atoms with van der Waals surface area (Å²) in [5, 5.41) is 8.93. The molecule has 2 aromatic rings. The van der Waals surface area contributed by atoms with Crippen LogP contribution in [0.2, 0.25) is 0 Å². The highest BCUT2D eigenvalue weighted by atomic mass is 16.5. The molecule has 0 amide bonds. The SMILES string of the molecule is CCOC(=O)c1cc(C#N)c2nccn2c1. The van der Waals surface area contributed by atoms with Gasteiger partial charge in [0.2, 0.25) is 0 Å². The lowest BCUT2D eigenvalue weighted by Gasteiger charge is -2.03. The van der Waals surface area contributed by atoms with Crippen LogP contribution < -0.4 is 0 Å². The number of nitriles is 1. The van der Waals surface area contributed by atoms with Gasteiger partial charge in [-0.1, -0.05) is 0 Å². The zero-order chi connectivity index (χ0) is 11.5. The molecule has 0 unspecified atom stereocenters. The fourth-order valence-corrected chi connectivity index (χ4v) is 1.44. The van der Waals surface area contributed by atoms with E-state index in [9.17, 15) is 4.79 Å². The summed E-state index contributed by atoms with van der Waals surface area (Å²) in [5.41, 5.74) is 1.25. The molecule has 16 heavy (non-hydrogen) atoms. The molecule has 0 aliphatic heterocycles. The van der Waals surface area contributed by atoms with Crippen molar-refractivity contribution in [1.82, 2.24) is 9.38 Å². The Kier molecular flexibility index (Phi) is 2.56. The van der Waals surface area contributed by atoms with Gasteiger partial charge in [0.05, 0.1) is 17.7 Å². The Morgan fingerprint density at radius 2 is 2.50 bits per heavy atom. The lowest BCUT2D eigenvalue weighted by atomic mass is 10.2. The van der Waals surface area contributed by atoms with Crippen LogP contribution in [0.3, 0.4) is 0 Å². The summed E-state index contributed by atoms with van der Waals surface area (Å²) < 4.78 is 6.50. The summed E-state index contributed by atoms with van der Waals surface area (Å²) in [4.78, 5) is 15.5. The summed E-state index contributed by atoms with van der Waals surface area (Å²) >= 11 is 0. The van der Waals surface area contributed by atoms with E-state index in [0.717, 1.165) is 0 Å². The van der Waals surface area contributed by atoms with Crippen molar-refractivity contribution >= 4 is 11.6 Å². The molecule has 0 spiro atoms. The molecule has 0 saturated carbocycles. The van der Waals surface area contributed by atoms with Crippen molar-refractivity contribution in [2.24, 2.45) is 0 Å². The van der Waals surface area contributed by atoms with E-state index in [1.807, 2.05) is 6.07 Å². The number of esters is 1. The number of carbonyl (C=O) groups is 1. The van der Waals surface area contributed by atoms with Crippen LogP contribution in [0.15, 0.2) is 24.7 Å². The normalized spacial score (nSPS) is 10.0. The average molecular weight is 215 g/mol. The van der Waals surface area contributed by atoms with Gasteiger partial charge in [-0.15, -0.1) is 0 Å². The first-order valence-electron chi connectivity index (χ1n) is 4.80. The van der Waals surface area contributed by atoms with Crippen LogP contribution in [0, 0.1) is 11.3 Å². The van der Waals surface area contributed by atoms with Gasteiger partial charge in [0, 0.05) is 18.6 Å². The largest absolute Gasteiger partial charge is 0.462 e. The second-order valence-electron chi connectivity index (χ2n) is 3.13. The molecule has 0 aromatic carbocycles. The summed E-state index contributed by atoms with van der Waals surface area (Å²) in [6, 6.07) is 3.49. The minimum absolute atomic E-state index is 0.308. The number of nitrogens with zero attached hydrogens (tertiary/aromatic N) is 3. The van der Waals surface area contributed by atoms with Gasteiger partial charge in [-0.3, -0.25) is 0 Å². The summed E-state index contributed by atoms with van der Waals surface area (Å²) in [6.07, 6.45) is 4.85. The predicted molar refractivity (Wildman–Crippen MR) is 55.9 cm³/mol. The van der Waals surface area contributed by atoms with Crippen molar-refractivity contribution < 1.29 is 9.53 Å². The number of hydrogen-bond donors (Lipinski definition) is 0. The topological polar surface area (TPSA) is 67.4 Å². The van der Waals surface area contributed by atoms with Gasteiger partial charge < -0.3 is 9.14 Å². The van der Waals surface area contributed by atoms with Gasteiger partial charge in [-0.2, -0.15) is 5.26 Å². The second kappa shape index (κ2) is 4.03. The van der Waals surface area contributed by atoms with E-state index in [1.165, 1.54) is 6.07 Å². The maximum absolute atomic E-state index is 11.5. The van der Waals surface area contributed by atoms with E-state index < -0.39 is 5.97 Å². The molecular weight excluding hydrogens is 206 g/mol. The smallest absolute Gasteiger partial charge is 0.339 e. The number of ether oxygens (including phenoxy) is 1. The third-order valence-corrected chi connectivity index (χ3v) is 2.12. The standard InChI is InChI=1S/C11H9N3O2/c1-2-16-11(15)9-5-8(6-12)10-13-3-4-14(10)7-9/h3-5,7H,2H2,1H3. The highest BCUT2D eigenvalue weighted by Crippen LogP contribution is 2.12. The maximum Gasteiger partial charge on any atom is 0.339 e. The first-order chi connectivity index (χ1) is 7.76. The van der Waals surface area contributed by atoms with E-state index in [1.54, 1.807) is 29.9 Å². The third-order valence-electron chi connectivity index (χ3n) is 2.12. The molecule has 80 valence electrons. The first kappa shape index (κ1) is 10.2. The maximum atomic E-state index is 11.5. The van der Waals surface area contributed by atoms with E-state index >= 15 is 0 Å². The quantitative estimate of drug-likeness (QED) is 0.710. The highest BCUT2D eigenvalue weighted by Gasteiger charge is 2.11. The molecule has 0 aliphatic rings. The molecule has 0 aliphatic carbocycles. The molecule has 5 nitrogen and oxygen atoms in total. The summed E-state index contributed by atoms with van der Waals surface area (Å²) in [5.74, 6) is -0.436. The minimum atomic E-state index is -0.436. The van der Waals surface area contributed by atoms with Crippen LogP contribution >= 0.6 is 0 Å². The molecular formula is C11H9N3O2. The fourth-order valence-electron chi connectivity index (χ4n) is 1.44. The van der Waals surface area contributed by atoms with Crippen molar-refractivity contribution in [2.75, 3.05) is 6.61 Å².